The van der Waals surface area contributed by atoms with E-state index in [1.807, 2.05) is 0 Å². The van der Waals surface area contributed by atoms with Gasteiger partial charge in [0.15, 0.2) is 0 Å². The summed E-state index contributed by atoms with van der Waals surface area (Å²) in [5.41, 5.74) is 0.369. The van der Waals surface area contributed by atoms with Crippen LogP contribution in [-0.2, 0) is 4.74 Å². The van der Waals surface area contributed by atoms with E-state index in [0.717, 1.165) is 25.7 Å². The molecule has 2 aliphatic rings. The fourth-order valence-corrected chi connectivity index (χ4v) is 2.85. The molecule has 0 radical (unpaired) electrons. The van der Waals surface area contributed by atoms with E-state index in [1.165, 1.54) is 32.5 Å². The molecule has 0 spiro atoms. The topological polar surface area (TPSA) is 24.5 Å². The van der Waals surface area contributed by atoms with E-state index in [0.29, 0.717) is 11.5 Å². The Labute approximate surface area is 106 Å². The smallest absolute Gasteiger partial charge is 0.0469 e. The quantitative estimate of drug-likeness (QED) is 0.795. The van der Waals surface area contributed by atoms with E-state index in [9.17, 15) is 0 Å². The summed E-state index contributed by atoms with van der Waals surface area (Å²) in [4.78, 5) is 2.66. The first-order valence-corrected chi connectivity index (χ1v) is 7.09. The molecule has 0 amide bonds. The van der Waals surface area contributed by atoms with E-state index in [4.69, 9.17) is 4.74 Å². The molecule has 0 bridgehead atoms. The molecule has 3 nitrogen and oxygen atoms in total. The second-order valence-corrected chi connectivity index (χ2v) is 6.69. The van der Waals surface area contributed by atoms with Gasteiger partial charge in [-0.15, -0.1) is 0 Å². The van der Waals surface area contributed by atoms with Crippen molar-refractivity contribution in [3.8, 4) is 0 Å². The first-order chi connectivity index (χ1) is 8.05. The van der Waals surface area contributed by atoms with Crippen molar-refractivity contribution in [1.29, 1.82) is 0 Å². The van der Waals surface area contributed by atoms with Gasteiger partial charge in [-0.1, -0.05) is 20.8 Å². The van der Waals surface area contributed by atoms with Gasteiger partial charge in [0.1, 0.15) is 0 Å². The fourth-order valence-electron chi connectivity index (χ4n) is 2.85. The summed E-state index contributed by atoms with van der Waals surface area (Å²) in [6, 6.07) is 0.635. The molecule has 2 fully saturated rings. The van der Waals surface area contributed by atoms with Crippen LogP contribution in [0.2, 0.25) is 0 Å². The molecule has 100 valence electrons. The van der Waals surface area contributed by atoms with Crippen molar-refractivity contribution in [2.24, 2.45) is 11.3 Å². The average molecular weight is 240 g/mol. The molecule has 1 N–H and O–H groups in total. The molecule has 2 rings (SSSR count). The van der Waals surface area contributed by atoms with Gasteiger partial charge in [0.05, 0.1) is 0 Å². The third kappa shape index (κ3) is 3.94. The second kappa shape index (κ2) is 5.68. The molecular formula is C14H28N2O. The maximum absolute atomic E-state index is 5.43. The SMILES string of the molecule is CC(C)(C)C1CN(CC2CCOCC2)CCN1. The highest BCUT2D eigenvalue weighted by molar-refractivity contribution is 4.88. The van der Waals surface area contributed by atoms with Crippen molar-refractivity contribution >= 4 is 0 Å². The molecule has 2 aliphatic heterocycles. The van der Waals surface area contributed by atoms with Gasteiger partial charge in [-0.25, -0.2) is 0 Å². The van der Waals surface area contributed by atoms with Gasteiger partial charge in [0.25, 0.3) is 0 Å². The maximum atomic E-state index is 5.43. The largest absolute Gasteiger partial charge is 0.381 e. The van der Waals surface area contributed by atoms with Crippen molar-refractivity contribution < 1.29 is 4.74 Å². The Morgan fingerprint density at radius 2 is 1.94 bits per heavy atom. The maximum Gasteiger partial charge on any atom is 0.0469 e. The standard InChI is InChI=1S/C14H28N2O/c1-14(2,3)13-11-16(7-6-15-13)10-12-4-8-17-9-5-12/h12-13,15H,4-11H2,1-3H3. The Morgan fingerprint density at radius 3 is 2.59 bits per heavy atom. The van der Waals surface area contributed by atoms with Crippen molar-refractivity contribution in [2.75, 3.05) is 39.4 Å². The lowest BCUT2D eigenvalue weighted by Crippen LogP contribution is -2.56. The number of ether oxygens (including phenoxy) is 1. The van der Waals surface area contributed by atoms with Gasteiger partial charge >= 0.3 is 0 Å². The zero-order chi connectivity index (χ0) is 12.3. The van der Waals surface area contributed by atoms with Gasteiger partial charge in [0, 0.05) is 45.4 Å². The number of nitrogens with one attached hydrogen (secondary N) is 1. The molecule has 0 aromatic rings. The highest BCUT2D eigenvalue weighted by Crippen LogP contribution is 2.23. The van der Waals surface area contributed by atoms with Crippen molar-refractivity contribution in [3.63, 3.8) is 0 Å². The molecule has 2 heterocycles. The Bertz CT molecular complexity index is 231. The highest BCUT2D eigenvalue weighted by atomic mass is 16.5. The van der Waals surface area contributed by atoms with E-state index < -0.39 is 0 Å². The lowest BCUT2D eigenvalue weighted by molar-refractivity contribution is 0.0426. The number of nitrogens with zero attached hydrogens (tertiary/aromatic N) is 1. The number of hydrogen-bond donors (Lipinski definition) is 1. The van der Waals surface area contributed by atoms with Crippen LogP contribution in [0.3, 0.4) is 0 Å². The van der Waals surface area contributed by atoms with Crippen LogP contribution in [-0.4, -0.2) is 50.3 Å². The van der Waals surface area contributed by atoms with E-state index in [-0.39, 0.29) is 0 Å². The van der Waals surface area contributed by atoms with Crippen molar-refractivity contribution in [1.82, 2.24) is 10.2 Å². The summed E-state index contributed by atoms with van der Waals surface area (Å²) in [5.74, 6) is 0.863. The number of piperazine rings is 1. The van der Waals surface area contributed by atoms with E-state index in [2.05, 4.69) is 31.0 Å². The summed E-state index contributed by atoms with van der Waals surface area (Å²) in [7, 11) is 0. The minimum absolute atomic E-state index is 0.369. The number of rotatable bonds is 2. The zero-order valence-corrected chi connectivity index (χ0v) is 11.7. The summed E-state index contributed by atoms with van der Waals surface area (Å²) in [5, 5.41) is 3.66. The molecule has 0 aliphatic carbocycles. The van der Waals surface area contributed by atoms with Gasteiger partial charge in [-0.2, -0.15) is 0 Å². The Balaban J connectivity index is 1.80. The molecule has 1 unspecified atom stereocenters. The normalized spacial score (nSPS) is 29.5. The third-order valence-electron chi connectivity index (χ3n) is 4.16. The molecule has 0 aromatic carbocycles. The van der Waals surface area contributed by atoms with Crippen LogP contribution in [0, 0.1) is 11.3 Å². The summed E-state index contributed by atoms with van der Waals surface area (Å²) in [6.45, 7) is 13.8. The van der Waals surface area contributed by atoms with Gasteiger partial charge in [-0.05, 0) is 24.2 Å². The predicted molar refractivity (Wildman–Crippen MR) is 71.2 cm³/mol. The molecule has 2 saturated heterocycles. The first kappa shape index (κ1) is 13.3. The lowest BCUT2D eigenvalue weighted by Gasteiger charge is -2.42. The Morgan fingerprint density at radius 1 is 1.24 bits per heavy atom. The molecule has 0 aromatic heterocycles. The minimum Gasteiger partial charge on any atom is -0.381 e. The van der Waals surface area contributed by atoms with Crippen LogP contribution in [0.4, 0.5) is 0 Å². The van der Waals surface area contributed by atoms with Gasteiger partial charge in [-0.3, -0.25) is 0 Å². The summed E-state index contributed by atoms with van der Waals surface area (Å²) < 4.78 is 5.43. The summed E-state index contributed by atoms with van der Waals surface area (Å²) in [6.07, 6.45) is 2.51. The minimum atomic E-state index is 0.369. The fraction of sp³-hybridized carbons (Fsp3) is 1.00. The zero-order valence-electron chi connectivity index (χ0n) is 11.7. The van der Waals surface area contributed by atoms with Crippen LogP contribution in [0.25, 0.3) is 0 Å². The Kier molecular flexibility index (Phi) is 4.45. The monoisotopic (exact) mass is 240 g/mol. The predicted octanol–water partition coefficient (Wildman–Crippen LogP) is 1.73. The van der Waals surface area contributed by atoms with Crippen LogP contribution in [0.5, 0.6) is 0 Å². The molecular weight excluding hydrogens is 212 g/mol. The van der Waals surface area contributed by atoms with Crippen molar-refractivity contribution in [2.45, 2.75) is 39.7 Å². The van der Waals surface area contributed by atoms with Crippen LogP contribution in [0.1, 0.15) is 33.6 Å². The van der Waals surface area contributed by atoms with Crippen molar-refractivity contribution in [3.05, 3.63) is 0 Å². The number of hydrogen-bond acceptors (Lipinski definition) is 3. The van der Waals surface area contributed by atoms with Crippen LogP contribution >= 0.6 is 0 Å². The second-order valence-electron chi connectivity index (χ2n) is 6.69. The van der Waals surface area contributed by atoms with Crippen LogP contribution < -0.4 is 5.32 Å². The molecule has 0 saturated carbocycles. The van der Waals surface area contributed by atoms with Gasteiger partial charge < -0.3 is 15.0 Å². The highest BCUT2D eigenvalue weighted by Gasteiger charge is 2.30. The molecule has 1 atom stereocenters. The molecule has 3 heteroatoms. The Hall–Kier alpha value is -0.120. The van der Waals surface area contributed by atoms with E-state index in [1.54, 1.807) is 0 Å². The van der Waals surface area contributed by atoms with E-state index >= 15 is 0 Å². The third-order valence-corrected chi connectivity index (χ3v) is 4.16. The average Bonchev–Trinajstić information content (AvgIpc) is 2.29. The summed E-state index contributed by atoms with van der Waals surface area (Å²) >= 11 is 0. The molecule has 17 heavy (non-hydrogen) atoms. The van der Waals surface area contributed by atoms with Gasteiger partial charge in [0.2, 0.25) is 0 Å². The van der Waals surface area contributed by atoms with Crippen LogP contribution in [0.15, 0.2) is 0 Å². The first-order valence-electron chi connectivity index (χ1n) is 7.09. The lowest BCUT2D eigenvalue weighted by atomic mass is 9.85.